The third-order valence-corrected chi connectivity index (χ3v) is 6.50. The van der Waals surface area contributed by atoms with Crippen molar-refractivity contribution in [3.05, 3.63) is 35.9 Å². The van der Waals surface area contributed by atoms with E-state index in [0.717, 1.165) is 45.7 Å². The molecule has 0 bridgehead atoms. The van der Waals surface area contributed by atoms with Gasteiger partial charge in [-0.25, -0.2) is 0 Å². The number of nitrogens with zero attached hydrogens (tertiary/aromatic N) is 1. The number of ether oxygens (including phenoxy) is 1. The molecule has 4 unspecified atom stereocenters. The smallest absolute Gasteiger partial charge is 0.222 e. The van der Waals surface area contributed by atoms with Crippen LogP contribution < -0.4 is 10.6 Å². The molecule has 1 saturated carbocycles. The molecule has 27 heavy (non-hydrogen) atoms. The molecule has 2 N–H and O–H groups in total. The Hall–Kier alpha value is -1.43. The number of benzene rings is 1. The maximum Gasteiger partial charge on any atom is 0.222 e. The molecule has 4 rings (SSSR count). The van der Waals surface area contributed by atoms with Gasteiger partial charge in [0, 0.05) is 44.2 Å². The molecule has 1 amide bonds. The van der Waals surface area contributed by atoms with Crippen LogP contribution in [0.4, 0.5) is 0 Å². The molecule has 1 aromatic carbocycles. The third-order valence-electron chi connectivity index (χ3n) is 6.50. The number of carbonyl (C=O) groups excluding carboxylic acids is 1. The first-order valence-corrected chi connectivity index (χ1v) is 10.7. The normalized spacial score (nSPS) is 31.3. The van der Waals surface area contributed by atoms with E-state index in [1.807, 2.05) is 18.2 Å². The highest BCUT2D eigenvalue weighted by Crippen LogP contribution is 2.30. The van der Waals surface area contributed by atoms with Crippen molar-refractivity contribution < 1.29 is 9.53 Å². The summed E-state index contributed by atoms with van der Waals surface area (Å²) in [6.45, 7) is 4.42. The van der Waals surface area contributed by atoms with E-state index < -0.39 is 0 Å². The molecule has 5 nitrogen and oxygen atoms in total. The predicted octanol–water partition coefficient (Wildman–Crippen LogP) is 1.97. The summed E-state index contributed by atoms with van der Waals surface area (Å²) in [6, 6.07) is 11.8. The fourth-order valence-corrected chi connectivity index (χ4v) is 5.02. The molecule has 1 aromatic rings. The lowest BCUT2D eigenvalue weighted by Crippen LogP contribution is -2.52. The molecular weight excluding hydrogens is 338 g/mol. The Morgan fingerprint density at radius 1 is 1.22 bits per heavy atom. The number of nitrogens with one attached hydrogen (secondary N) is 2. The SMILES string of the molecule is O=C(CCc1ccccc1)N1CCC(NC2CCCC2C2COCCN2)C1. The van der Waals surface area contributed by atoms with Gasteiger partial charge in [0.1, 0.15) is 0 Å². The Morgan fingerprint density at radius 3 is 2.93 bits per heavy atom. The van der Waals surface area contributed by atoms with Crippen LogP contribution in [0.5, 0.6) is 0 Å². The quantitative estimate of drug-likeness (QED) is 0.803. The summed E-state index contributed by atoms with van der Waals surface area (Å²) in [5.74, 6) is 0.960. The van der Waals surface area contributed by atoms with Crippen molar-refractivity contribution >= 4 is 5.91 Å². The Balaban J connectivity index is 1.23. The van der Waals surface area contributed by atoms with Gasteiger partial charge in [-0.3, -0.25) is 4.79 Å². The largest absolute Gasteiger partial charge is 0.379 e. The molecule has 2 saturated heterocycles. The van der Waals surface area contributed by atoms with E-state index in [1.54, 1.807) is 0 Å². The van der Waals surface area contributed by atoms with Gasteiger partial charge in [0.05, 0.1) is 13.2 Å². The van der Waals surface area contributed by atoms with Crippen molar-refractivity contribution in [2.75, 3.05) is 32.8 Å². The highest BCUT2D eigenvalue weighted by molar-refractivity contribution is 5.76. The van der Waals surface area contributed by atoms with Crippen LogP contribution in [0.2, 0.25) is 0 Å². The molecule has 2 aliphatic heterocycles. The van der Waals surface area contributed by atoms with E-state index in [-0.39, 0.29) is 0 Å². The van der Waals surface area contributed by atoms with E-state index in [4.69, 9.17) is 4.74 Å². The molecule has 0 spiro atoms. The monoisotopic (exact) mass is 371 g/mol. The van der Waals surface area contributed by atoms with Crippen LogP contribution in [-0.4, -0.2) is 61.8 Å². The zero-order valence-electron chi connectivity index (χ0n) is 16.2. The standard InChI is InChI=1S/C22H33N3O2/c26-22(10-9-17-5-2-1-3-6-17)25-13-11-18(15-25)24-20-8-4-7-19(20)21-16-27-14-12-23-21/h1-3,5-6,18-21,23-24H,4,7-16H2. The topological polar surface area (TPSA) is 53.6 Å². The van der Waals surface area contributed by atoms with Crippen molar-refractivity contribution in [3.8, 4) is 0 Å². The van der Waals surface area contributed by atoms with Crippen molar-refractivity contribution in [2.45, 2.75) is 56.7 Å². The summed E-state index contributed by atoms with van der Waals surface area (Å²) in [4.78, 5) is 14.6. The van der Waals surface area contributed by atoms with Crippen LogP contribution in [0.1, 0.15) is 37.7 Å². The molecule has 0 aromatic heterocycles. The first-order chi connectivity index (χ1) is 13.3. The highest BCUT2D eigenvalue weighted by atomic mass is 16.5. The lowest BCUT2D eigenvalue weighted by molar-refractivity contribution is -0.130. The summed E-state index contributed by atoms with van der Waals surface area (Å²) < 4.78 is 5.68. The number of hydrogen-bond acceptors (Lipinski definition) is 4. The van der Waals surface area contributed by atoms with Gasteiger partial charge in [0.2, 0.25) is 5.91 Å². The average Bonchev–Trinajstić information content (AvgIpc) is 3.38. The molecule has 4 atom stereocenters. The Bertz CT molecular complexity index is 603. The van der Waals surface area contributed by atoms with Crippen molar-refractivity contribution in [1.29, 1.82) is 0 Å². The third kappa shape index (κ3) is 4.89. The zero-order valence-corrected chi connectivity index (χ0v) is 16.2. The summed E-state index contributed by atoms with van der Waals surface area (Å²) >= 11 is 0. The summed E-state index contributed by atoms with van der Waals surface area (Å²) in [5, 5.41) is 7.54. The maximum absolute atomic E-state index is 12.6. The average molecular weight is 372 g/mol. The van der Waals surface area contributed by atoms with Gasteiger partial charge in [0.25, 0.3) is 0 Å². The second-order valence-electron chi connectivity index (χ2n) is 8.31. The van der Waals surface area contributed by atoms with E-state index >= 15 is 0 Å². The van der Waals surface area contributed by atoms with E-state index in [9.17, 15) is 4.79 Å². The number of morpholine rings is 1. The van der Waals surface area contributed by atoms with E-state index in [0.29, 0.717) is 36.4 Å². The van der Waals surface area contributed by atoms with Gasteiger partial charge in [-0.2, -0.15) is 0 Å². The van der Waals surface area contributed by atoms with Gasteiger partial charge >= 0.3 is 0 Å². The minimum atomic E-state index is 0.300. The minimum absolute atomic E-state index is 0.300. The number of hydrogen-bond donors (Lipinski definition) is 2. The molecule has 3 fully saturated rings. The number of aryl methyl sites for hydroxylation is 1. The summed E-state index contributed by atoms with van der Waals surface area (Å²) in [6.07, 6.45) is 6.37. The van der Waals surface area contributed by atoms with Gasteiger partial charge in [0.15, 0.2) is 0 Å². The van der Waals surface area contributed by atoms with Crippen molar-refractivity contribution in [1.82, 2.24) is 15.5 Å². The lowest BCUT2D eigenvalue weighted by Gasteiger charge is -2.34. The molecule has 148 valence electrons. The number of rotatable bonds is 6. The lowest BCUT2D eigenvalue weighted by atomic mass is 9.93. The fraction of sp³-hybridized carbons (Fsp3) is 0.682. The minimum Gasteiger partial charge on any atom is -0.379 e. The van der Waals surface area contributed by atoms with Crippen LogP contribution in [0.15, 0.2) is 30.3 Å². The van der Waals surface area contributed by atoms with Crippen LogP contribution in [0, 0.1) is 5.92 Å². The first kappa shape index (κ1) is 18.9. The van der Waals surface area contributed by atoms with E-state index in [2.05, 4.69) is 27.7 Å². The predicted molar refractivity (Wildman–Crippen MR) is 107 cm³/mol. The molecular formula is C22H33N3O2. The van der Waals surface area contributed by atoms with Crippen LogP contribution in [0.3, 0.4) is 0 Å². The Morgan fingerprint density at radius 2 is 2.11 bits per heavy atom. The molecule has 5 heteroatoms. The second-order valence-corrected chi connectivity index (χ2v) is 8.31. The number of likely N-dealkylation sites (tertiary alicyclic amines) is 1. The number of carbonyl (C=O) groups is 1. The summed E-state index contributed by atoms with van der Waals surface area (Å²) in [7, 11) is 0. The van der Waals surface area contributed by atoms with Gasteiger partial charge in [-0.15, -0.1) is 0 Å². The van der Waals surface area contributed by atoms with Crippen molar-refractivity contribution in [3.63, 3.8) is 0 Å². The van der Waals surface area contributed by atoms with Crippen LogP contribution in [-0.2, 0) is 16.0 Å². The molecule has 0 radical (unpaired) electrons. The van der Waals surface area contributed by atoms with Gasteiger partial charge in [-0.1, -0.05) is 36.8 Å². The Labute approximate surface area is 162 Å². The van der Waals surface area contributed by atoms with Crippen molar-refractivity contribution in [2.24, 2.45) is 5.92 Å². The van der Waals surface area contributed by atoms with Crippen LogP contribution >= 0.6 is 0 Å². The first-order valence-electron chi connectivity index (χ1n) is 10.7. The molecule has 3 aliphatic rings. The zero-order chi connectivity index (χ0) is 18.5. The Kier molecular flexibility index (Phi) is 6.43. The van der Waals surface area contributed by atoms with E-state index in [1.165, 1.54) is 24.8 Å². The fourth-order valence-electron chi connectivity index (χ4n) is 5.02. The molecule has 1 aliphatic carbocycles. The maximum atomic E-state index is 12.6. The van der Waals surface area contributed by atoms with Crippen LogP contribution in [0.25, 0.3) is 0 Å². The number of amides is 1. The summed E-state index contributed by atoms with van der Waals surface area (Å²) in [5.41, 5.74) is 1.25. The molecule has 2 heterocycles. The second kappa shape index (κ2) is 9.18. The van der Waals surface area contributed by atoms with Gasteiger partial charge < -0.3 is 20.3 Å². The highest BCUT2D eigenvalue weighted by Gasteiger charge is 2.37. The van der Waals surface area contributed by atoms with Gasteiger partial charge in [-0.05, 0) is 37.2 Å².